The summed E-state index contributed by atoms with van der Waals surface area (Å²) in [4.78, 5) is 0. The van der Waals surface area contributed by atoms with Crippen LogP contribution in [0.25, 0.3) is 0 Å². The third-order valence-electron chi connectivity index (χ3n) is 2.54. The van der Waals surface area contributed by atoms with Gasteiger partial charge in [0.25, 0.3) is 0 Å². The number of unbranched alkanes of at least 4 members (excludes halogenated alkanes) is 2. The zero-order valence-corrected chi connectivity index (χ0v) is 12.6. The van der Waals surface area contributed by atoms with Crippen LogP contribution in [0, 0.1) is 0 Å². The quantitative estimate of drug-likeness (QED) is 0.716. The number of phenols is 1. The van der Waals surface area contributed by atoms with E-state index in [-0.39, 0.29) is 0 Å². The molecule has 0 aliphatic rings. The minimum absolute atomic E-state index is 0.297. The molecule has 0 unspecified atom stereocenters. The smallest absolute Gasteiger partial charge is 0.129 e. The van der Waals surface area contributed by atoms with Crippen LogP contribution < -0.4 is 5.32 Å². The van der Waals surface area contributed by atoms with Crippen molar-refractivity contribution in [3.05, 3.63) is 28.2 Å². The Hall–Kier alpha value is -0.190. The molecule has 1 aromatic rings. The Kier molecular flexibility index (Phi) is 7.73. The molecule has 0 fully saturated rings. The van der Waals surface area contributed by atoms with Crippen molar-refractivity contribution in [3.8, 4) is 5.75 Å². The maximum absolute atomic E-state index is 9.37. The molecule has 2 N–H and O–H groups in total. The predicted octanol–water partition coefficient (Wildman–Crippen LogP) is 3.78. The number of aromatic hydroxyl groups is 1. The van der Waals surface area contributed by atoms with Crippen LogP contribution >= 0.6 is 27.7 Å². The molecule has 0 amide bonds. The maximum atomic E-state index is 9.37. The Morgan fingerprint density at radius 2 is 2.12 bits per heavy atom. The van der Waals surface area contributed by atoms with Gasteiger partial charge in [0.15, 0.2) is 0 Å². The number of phenolic OH excluding ortho intramolecular Hbond substituents is 1. The monoisotopic (exact) mass is 317 g/mol. The number of rotatable bonds is 8. The minimum Gasteiger partial charge on any atom is -0.507 e. The largest absolute Gasteiger partial charge is 0.507 e. The number of benzene rings is 1. The summed E-state index contributed by atoms with van der Waals surface area (Å²) in [5, 5.41) is 12.8. The van der Waals surface area contributed by atoms with Gasteiger partial charge in [-0.2, -0.15) is 11.8 Å². The Balaban J connectivity index is 2.11. The number of halogens is 1. The van der Waals surface area contributed by atoms with E-state index in [0.717, 1.165) is 17.6 Å². The van der Waals surface area contributed by atoms with E-state index in [1.54, 1.807) is 6.07 Å². The molecule has 0 saturated carbocycles. The second-order valence-corrected chi connectivity index (χ2v) is 5.86. The molecule has 1 rings (SSSR count). The van der Waals surface area contributed by atoms with E-state index in [9.17, 15) is 5.11 Å². The van der Waals surface area contributed by atoms with Gasteiger partial charge in [0.1, 0.15) is 5.75 Å². The summed E-state index contributed by atoms with van der Waals surface area (Å²) in [6, 6.07) is 5.62. The number of hydrogen-bond donors (Lipinski definition) is 2. The molecule has 1 aromatic carbocycles. The van der Waals surface area contributed by atoms with Crippen molar-refractivity contribution in [3.63, 3.8) is 0 Å². The van der Waals surface area contributed by atoms with Crippen LogP contribution in [-0.4, -0.2) is 23.7 Å². The molecule has 0 aromatic heterocycles. The van der Waals surface area contributed by atoms with Gasteiger partial charge in [-0.1, -0.05) is 12.5 Å². The Morgan fingerprint density at radius 3 is 2.82 bits per heavy atom. The van der Waals surface area contributed by atoms with Gasteiger partial charge >= 0.3 is 0 Å². The molecule has 2 nitrogen and oxygen atoms in total. The van der Waals surface area contributed by atoms with Crippen LogP contribution in [0.3, 0.4) is 0 Å². The highest BCUT2D eigenvalue weighted by atomic mass is 79.9. The first-order valence-electron chi connectivity index (χ1n) is 5.91. The summed E-state index contributed by atoms with van der Waals surface area (Å²) in [6.07, 6.45) is 6.00. The third kappa shape index (κ3) is 6.34. The first-order chi connectivity index (χ1) is 8.24. The van der Waals surface area contributed by atoms with Gasteiger partial charge in [0, 0.05) is 6.54 Å². The first kappa shape index (κ1) is 14.9. The normalized spacial score (nSPS) is 10.7. The highest BCUT2D eigenvalue weighted by Gasteiger charge is 1.99. The van der Waals surface area contributed by atoms with Crippen molar-refractivity contribution in [2.75, 3.05) is 18.6 Å². The summed E-state index contributed by atoms with van der Waals surface area (Å²) in [5.41, 5.74) is 1.19. The van der Waals surface area contributed by atoms with Crippen molar-refractivity contribution >= 4 is 27.7 Å². The van der Waals surface area contributed by atoms with Gasteiger partial charge in [-0.25, -0.2) is 0 Å². The number of thioether (sulfide) groups is 1. The summed E-state index contributed by atoms with van der Waals surface area (Å²) < 4.78 is 0.761. The van der Waals surface area contributed by atoms with Gasteiger partial charge in [0.2, 0.25) is 0 Å². The Bertz CT molecular complexity index is 333. The van der Waals surface area contributed by atoms with Crippen molar-refractivity contribution in [2.24, 2.45) is 0 Å². The highest BCUT2D eigenvalue weighted by molar-refractivity contribution is 9.10. The molecule has 0 heterocycles. The zero-order valence-electron chi connectivity index (χ0n) is 10.2. The average Bonchev–Trinajstić information content (AvgIpc) is 2.32. The second-order valence-electron chi connectivity index (χ2n) is 4.02. The van der Waals surface area contributed by atoms with Crippen molar-refractivity contribution in [2.45, 2.75) is 25.8 Å². The van der Waals surface area contributed by atoms with Crippen LogP contribution in [0.1, 0.15) is 24.8 Å². The molecule has 0 aliphatic carbocycles. The minimum atomic E-state index is 0.297. The molecule has 0 saturated heterocycles. The highest BCUT2D eigenvalue weighted by Crippen LogP contribution is 2.24. The van der Waals surface area contributed by atoms with E-state index in [1.165, 1.54) is 30.6 Å². The Morgan fingerprint density at radius 1 is 1.29 bits per heavy atom. The van der Waals surface area contributed by atoms with E-state index >= 15 is 0 Å². The molecule has 0 radical (unpaired) electrons. The summed E-state index contributed by atoms with van der Waals surface area (Å²) in [7, 11) is 0. The maximum Gasteiger partial charge on any atom is 0.129 e. The number of nitrogens with one attached hydrogen (secondary N) is 1. The summed E-state index contributed by atoms with van der Waals surface area (Å²) in [5.74, 6) is 1.57. The van der Waals surface area contributed by atoms with Crippen molar-refractivity contribution in [1.29, 1.82) is 0 Å². The average molecular weight is 318 g/mol. The molecule has 0 atom stereocenters. The Labute approximate surface area is 116 Å². The fourth-order valence-electron chi connectivity index (χ4n) is 1.57. The van der Waals surface area contributed by atoms with E-state index < -0.39 is 0 Å². The molecular weight excluding hydrogens is 298 g/mol. The van der Waals surface area contributed by atoms with Crippen LogP contribution in [-0.2, 0) is 6.54 Å². The third-order valence-corrected chi connectivity index (χ3v) is 3.88. The van der Waals surface area contributed by atoms with E-state index in [1.807, 2.05) is 23.9 Å². The number of hydrogen-bond acceptors (Lipinski definition) is 3. The second kappa shape index (κ2) is 8.84. The standard InChI is InChI=1S/C13H20BrNOS/c1-17-8-4-2-3-7-15-10-11-5-6-13(16)12(14)9-11/h5-6,9,15-16H,2-4,7-8,10H2,1H3. The van der Waals surface area contributed by atoms with E-state index in [2.05, 4.69) is 27.5 Å². The van der Waals surface area contributed by atoms with Crippen LogP contribution in [0.4, 0.5) is 0 Å². The molecule has 0 aliphatic heterocycles. The van der Waals surface area contributed by atoms with Gasteiger partial charge in [0.05, 0.1) is 4.47 Å². The topological polar surface area (TPSA) is 32.3 Å². The zero-order chi connectivity index (χ0) is 12.5. The van der Waals surface area contributed by atoms with Gasteiger partial charge < -0.3 is 10.4 Å². The lowest BCUT2D eigenvalue weighted by Gasteiger charge is -2.06. The van der Waals surface area contributed by atoms with E-state index in [4.69, 9.17) is 0 Å². The van der Waals surface area contributed by atoms with Crippen LogP contribution in [0.2, 0.25) is 0 Å². The molecule has 17 heavy (non-hydrogen) atoms. The van der Waals surface area contributed by atoms with E-state index in [0.29, 0.717) is 5.75 Å². The van der Waals surface area contributed by atoms with Crippen molar-refractivity contribution < 1.29 is 5.11 Å². The lowest BCUT2D eigenvalue weighted by molar-refractivity contribution is 0.471. The van der Waals surface area contributed by atoms with Crippen LogP contribution in [0.5, 0.6) is 5.75 Å². The van der Waals surface area contributed by atoms with Gasteiger partial charge in [-0.15, -0.1) is 0 Å². The molecule has 0 bridgehead atoms. The van der Waals surface area contributed by atoms with Gasteiger partial charge in [-0.3, -0.25) is 0 Å². The lowest BCUT2D eigenvalue weighted by atomic mass is 10.2. The fourth-order valence-corrected chi connectivity index (χ4v) is 2.49. The SMILES string of the molecule is CSCCCCCNCc1ccc(O)c(Br)c1. The molecule has 96 valence electrons. The van der Waals surface area contributed by atoms with Crippen LogP contribution in [0.15, 0.2) is 22.7 Å². The van der Waals surface area contributed by atoms with Crippen molar-refractivity contribution in [1.82, 2.24) is 5.32 Å². The predicted molar refractivity (Wildman–Crippen MR) is 79.7 cm³/mol. The molecule has 0 spiro atoms. The first-order valence-corrected chi connectivity index (χ1v) is 8.10. The fraction of sp³-hybridized carbons (Fsp3) is 0.538. The summed E-state index contributed by atoms with van der Waals surface area (Å²) >= 11 is 5.23. The summed E-state index contributed by atoms with van der Waals surface area (Å²) in [6.45, 7) is 1.92. The molecule has 4 heteroatoms. The lowest BCUT2D eigenvalue weighted by Crippen LogP contribution is -2.14. The van der Waals surface area contributed by atoms with Gasteiger partial charge in [-0.05, 0) is 65.0 Å². The molecular formula is C13H20BrNOS.